The molecule has 0 saturated carbocycles. The average Bonchev–Trinajstić information content (AvgIpc) is 3.38. The topological polar surface area (TPSA) is 85.3 Å². The molecule has 0 aliphatic rings. The van der Waals surface area contributed by atoms with Crippen LogP contribution < -0.4 is 11.1 Å². The molecule has 2 aromatic heterocycles. The Morgan fingerprint density at radius 2 is 1.93 bits per heavy atom. The number of carbonyl (C=O) groups excluding carboxylic acids is 2. The molecule has 0 saturated heterocycles. The summed E-state index contributed by atoms with van der Waals surface area (Å²) in [5.41, 5.74) is 7.31. The molecule has 0 aliphatic heterocycles. The molecule has 29 heavy (non-hydrogen) atoms. The van der Waals surface area contributed by atoms with Crippen molar-refractivity contribution in [2.45, 2.75) is 19.3 Å². The zero-order chi connectivity index (χ0) is 20.4. The van der Waals surface area contributed by atoms with Crippen LogP contribution in [0.1, 0.15) is 35.4 Å². The molecule has 1 unspecified atom stereocenters. The lowest BCUT2D eigenvalue weighted by atomic mass is 10.0. The van der Waals surface area contributed by atoms with E-state index in [1.54, 1.807) is 41.9 Å². The van der Waals surface area contributed by atoms with Crippen molar-refractivity contribution in [1.82, 2.24) is 0 Å². The molecule has 2 amide bonds. The highest BCUT2D eigenvalue weighted by Crippen LogP contribution is 2.36. The maximum absolute atomic E-state index is 12.7. The van der Waals surface area contributed by atoms with Gasteiger partial charge in [0.05, 0.1) is 12.2 Å². The smallest absolute Gasteiger partial charge is 0.249 e. The molecule has 5 nitrogen and oxygen atoms in total. The van der Waals surface area contributed by atoms with Crippen molar-refractivity contribution in [3.8, 4) is 10.4 Å². The van der Waals surface area contributed by atoms with Crippen LogP contribution in [0, 0.1) is 0 Å². The molecular formula is C23H20N2O3S. The van der Waals surface area contributed by atoms with Crippen LogP contribution in [-0.4, -0.2) is 11.8 Å². The number of fused-ring (bicyclic) bond motifs is 1. The van der Waals surface area contributed by atoms with Gasteiger partial charge in [-0.2, -0.15) is 0 Å². The van der Waals surface area contributed by atoms with Crippen molar-refractivity contribution in [3.05, 3.63) is 78.3 Å². The standard InChI is InChI=1S/C23H20N2O3S/c1-2-16(19-7-5-11-28-19)23(27)25-15-9-10-17(18(13-15)22(24)26)21-12-14-6-3-4-8-20(14)29-21/h3-13,16H,2H2,1H3,(H2,24,26)(H,25,27). The molecule has 2 heterocycles. The minimum absolute atomic E-state index is 0.188. The van der Waals surface area contributed by atoms with Gasteiger partial charge < -0.3 is 15.5 Å². The van der Waals surface area contributed by atoms with E-state index in [0.717, 1.165) is 20.5 Å². The minimum Gasteiger partial charge on any atom is -0.469 e. The summed E-state index contributed by atoms with van der Waals surface area (Å²) >= 11 is 1.60. The Morgan fingerprint density at radius 1 is 1.10 bits per heavy atom. The normalized spacial score (nSPS) is 12.0. The van der Waals surface area contributed by atoms with Crippen LogP contribution >= 0.6 is 11.3 Å². The van der Waals surface area contributed by atoms with E-state index in [4.69, 9.17) is 10.2 Å². The van der Waals surface area contributed by atoms with Gasteiger partial charge in [-0.3, -0.25) is 9.59 Å². The lowest BCUT2D eigenvalue weighted by Gasteiger charge is -2.14. The molecule has 3 N–H and O–H groups in total. The largest absolute Gasteiger partial charge is 0.469 e. The third kappa shape index (κ3) is 3.79. The summed E-state index contributed by atoms with van der Waals surface area (Å²) in [6.07, 6.45) is 2.15. The van der Waals surface area contributed by atoms with Gasteiger partial charge in [0, 0.05) is 26.4 Å². The molecule has 146 valence electrons. The van der Waals surface area contributed by atoms with Crippen molar-refractivity contribution in [1.29, 1.82) is 0 Å². The predicted octanol–water partition coefficient (Wildman–Crippen LogP) is 5.39. The van der Waals surface area contributed by atoms with Gasteiger partial charge in [-0.15, -0.1) is 11.3 Å². The molecule has 0 bridgehead atoms. The van der Waals surface area contributed by atoms with Crippen LogP contribution in [-0.2, 0) is 4.79 Å². The second kappa shape index (κ2) is 7.93. The first kappa shape index (κ1) is 19.0. The van der Waals surface area contributed by atoms with Gasteiger partial charge >= 0.3 is 0 Å². The van der Waals surface area contributed by atoms with Crippen LogP contribution in [0.15, 0.2) is 71.3 Å². The third-order valence-corrected chi connectivity index (χ3v) is 6.00. The second-order valence-electron chi connectivity index (χ2n) is 6.74. The van der Waals surface area contributed by atoms with Gasteiger partial charge in [-0.25, -0.2) is 0 Å². The van der Waals surface area contributed by atoms with E-state index in [1.807, 2.05) is 43.3 Å². The number of primary amides is 1. The Hall–Kier alpha value is -3.38. The van der Waals surface area contributed by atoms with E-state index < -0.39 is 11.8 Å². The highest BCUT2D eigenvalue weighted by atomic mass is 32.1. The molecule has 0 fully saturated rings. The lowest BCUT2D eigenvalue weighted by molar-refractivity contribution is -0.118. The maximum Gasteiger partial charge on any atom is 0.249 e. The number of carbonyl (C=O) groups is 2. The fourth-order valence-corrected chi connectivity index (χ4v) is 4.49. The number of nitrogens with one attached hydrogen (secondary N) is 1. The van der Waals surface area contributed by atoms with Crippen LogP contribution in [0.2, 0.25) is 0 Å². The molecule has 0 spiro atoms. The van der Waals surface area contributed by atoms with Crippen LogP contribution in [0.3, 0.4) is 0 Å². The fraction of sp³-hybridized carbons (Fsp3) is 0.130. The number of rotatable bonds is 6. The summed E-state index contributed by atoms with van der Waals surface area (Å²) in [5.74, 6) is -0.509. The first-order chi connectivity index (χ1) is 14.1. The van der Waals surface area contributed by atoms with E-state index >= 15 is 0 Å². The first-order valence-electron chi connectivity index (χ1n) is 9.34. The van der Waals surface area contributed by atoms with Crippen LogP contribution in [0.25, 0.3) is 20.5 Å². The quantitative estimate of drug-likeness (QED) is 0.452. The van der Waals surface area contributed by atoms with Crippen LogP contribution in [0.4, 0.5) is 5.69 Å². The summed E-state index contributed by atoms with van der Waals surface area (Å²) in [7, 11) is 0. The van der Waals surface area contributed by atoms with Crippen molar-refractivity contribution < 1.29 is 14.0 Å². The average molecular weight is 404 g/mol. The summed E-state index contributed by atoms with van der Waals surface area (Å²) in [6.45, 7) is 1.92. The Balaban J connectivity index is 1.65. The molecule has 0 radical (unpaired) electrons. The van der Waals surface area contributed by atoms with Gasteiger partial charge in [0.2, 0.25) is 11.8 Å². The van der Waals surface area contributed by atoms with Crippen molar-refractivity contribution in [3.63, 3.8) is 0 Å². The van der Waals surface area contributed by atoms with Gasteiger partial charge in [0.1, 0.15) is 5.76 Å². The van der Waals surface area contributed by atoms with E-state index in [1.165, 1.54) is 0 Å². The van der Waals surface area contributed by atoms with Crippen molar-refractivity contribution in [2.75, 3.05) is 5.32 Å². The van der Waals surface area contributed by atoms with E-state index in [9.17, 15) is 9.59 Å². The van der Waals surface area contributed by atoms with E-state index in [0.29, 0.717) is 23.4 Å². The van der Waals surface area contributed by atoms with Gasteiger partial charge in [-0.1, -0.05) is 31.2 Å². The lowest BCUT2D eigenvalue weighted by Crippen LogP contribution is -2.21. The number of furan rings is 1. The number of thiophene rings is 1. The summed E-state index contributed by atoms with van der Waals surface area (Å²) in [4.78, 5) is 25.8. The predicted molar refractivity (Wildman–Crippen MR) is 116 cm³/mol. The summed E-state index contributed by atoms with van der Waals surface area (Å²) in [5, 5.41) is 3.99. The molecular weight excluding hydrogens is 384 g/mol. The zero-order valence-electron chi connectivity index (χ0n) is 15.8. The Morgan fingerprint density at radius 3 is 2.62 bits per heavy atom. The second-order valence-corrected chi connectivity index (χ2v) is 7.82. The number of benzene rings is 2. The Bertz CT molecular complexity index is 1150. The molecule has 2 aromatic carbocycles. The Labute approximate surface area is 172 Å². The number of amides is 2. The fourth-order valence-electron chi connectivity index (χ4n) is 3.39. The van der Waals surface area contributed by atoms with Gasteiger partial charge in [0.25, 0.3) is 0 Å². The maximum atomic E-state index is 12.7. The van der Waals surface area contributed by atoms with E-state index in [-0.39, 0.29) is 5.91 Å². The highest BCUT2D eigenvalue weighted by molar-refractivity contribution is 7.22. The van der Waals surface area contributed by atoms with Gasteiger partial charge in [-0.05, 0) is 48.2 Å². The van der Waals surface area contributed by atoms with E-state index in [2.05, 4.69) is 5.32 Å². The molecule has 4 rings (SSSR count). The minimum atomic E-state index is -0.536. The summed E-state index contributed by atoms with van der Waals surface area (Å²) < 4.78 is 6.52. The zero-order valence-corrected chi connectivity index (χ0v) is 16.7. The molecule has 0 aliphatic carbocycles. The monoisotopic (exact) mass is 404 g/mol. The number of nitrogens with two attached hydrogens (primary N) is 1. The highest BCUT2D eigenvalue weighted by Gasteiger charge is 2.22. The van der Waals surface area contributed by atoms with Gasteiger partial charge in [0.15, 0.2) is 0 Å². The third-order valence-electron chi connectivity index (χ3n) is 4.85. The Kier molecular flexibility index (Phi) is 5.18. The van der Waals surface area contributed by atoms with Crippen molar-refractivity contribution in [2.24, 2.45) is 5.73 Å². The SMILES string of the molecule is CCC(C(=O)Nc1ccc(-c2cc3ccccc3s2)c(C(N)=O)c1)c1ccco1. The molecule has 4 aromatic rings. The van der Waals surface area contributed by atoms with Crippen molar-refractivity contribution >= 4 is 38.9 Å². The molecule has 6 heteroatoms. The number of hydrogen-bond donors (Lipinski definition) is 2. The number of anilines is 1. The van der Waals surface area contributed by atoms with Crippen LogP contribution in [0.5, 0.6) is 0 Å². The summed E-state index contributed by atoms with van der Waals surface area (Å²) in [6, 6.07) is 18.9. The number of hydrogen-bond acceptors (Lipinski definition) is 4. The first-order valence-corrected chi connectivity index (χ1v) is 10.2. The molecule has 1 atom stereocenters.